The first-order valence-corrected chi connectivity index (χ1v) is 5.80. The molecule has 0 saturated heterocycles. The van der Waals surface area contributed by atoms with E-state index in [-0.39, 0.29) is 6.17 Å². The molecule has 0 fully saturated rings. The summed E-state index contributed by atoms with van der Waals surface area (Å²) in [7, 11) is -3.19. The van der Waals surface area contributed by atoms with E-state index >= 15 is 0 Å². The first kappa shape index (κ1) is 12.6. The summed E-state index contributed by atoms with van der Waals surface area (Å²) in [5.74, 6) is 0. The zero-order chi connectivity index (χ0) is 10.6. The lowest BCUT2D eigenvalue weighted by atomic mass is 10.5. The molecule has 0 bridgehead atoms. The highest BCUT2D eigenvalue weighted by Gasteiger charge is 2.25. The summed E-state index contributed by atoms with van der Waals surface area (Å²) in [4.78, 5) is 0. The van der Waals surface area contributed by atoms with Gasteiger partial charge >= 0.3 is 0 Å². The van der Waals surface area contributed by atoms with Crippen molar-refractivity contribution in [2.24, 2.45) is 5.73 Å². The molecule has 3 unspecified atom stereocenters. The third kappa shape index (κ3) is 3.46. The smallest absolute Gasteiger partial charge is 0.171 e. The number of nitrogens with one attached hydrogen (secondary N) is 1. The van der Waals surface area contributed by atoms with Crippen molar-refractivity contribution < 1.29 is 8.42 Å². The highest BCUT2D eigenvalue weighted by molar-refractivity contribution is 7.92. The van der Waals surface area contributed by atoms with E-state index < -0.39 is 20.5 Å². The molecule has 0 aliphatic heterocycles. The van der Waals surface area contributed by atoms with Gasteiger partial charge in [-0.3, -0.25) is 5.32 Å². The molecule has 0 heterocycles. The summed E-state index contributed by atoms with van der Waals surface area (Å²) >= 11 is 0. The fourth-order valence-electron chi connectivity index (χ4n) is 0.921. The van der Waals surface area contributed by atoms with Crippen molar-refractivity contribution in [3.63, 3.8) is 0 Å². The minimum atomic E-state index is -3.19. The van der Waals surface area contributed by atoms with Gasteiger partial charge in [0.15, 0.2) is 9.84 Å². The molecule has 3 atom stereocenters. The average molecular weight is 206 g/mol. The minimum Gasteiger partial charge on any atom is -0.316 e. The SMILES string of the molecule is C=CC(C)S(=O)(=O)C(C)NC(C)N. The van der Waals surface area contributed by atoms with Gasteiger partial charge in [-0.15, -0.1) is 6.58 Å². The third-order valence-corrected chi connectivity index (χ3v) is 4.19. The van der Waals surface area contributed by atoms with Crippen LogP contribution in [0.2, 0.25) is 0 Å². The quantitative estimate of drug-likeness (QED) is 0.498. The summed E-state index contributed by atoms with van der Waals surface area (Å²) in [6.45, 7) is 8.33. The second-order valence-corrected chi connectivity index (χ2v) is 5.76. The Hall–Kier alpha value is -0.390. The Balaban J connectivity index is 4.55. The first-order valence-electron chi connectivity index (χ1n) is 4.19. The van der Waals surface area contributed by atoms with Crippen LogP contribution in [0.25, 0.3) is 0 Å². The predicted octanol–water partition coefficient (Wildman–Crippen LogP) is 0.216. The molecule has 4 nitrogen and oxygen atoms in total. The number of nitrogens with two attached hydrogens (primary N) is 1. The van der Waals surface area contributed by atoms with E-state index in [0.29, 0.717) is 0 Å². The van der Waals surface area contributed by atoms with Gasteiger partial charge in [-0.1, -0.05) is 6.08 Å². The molecular weight excluding hydrogens is 188 g/mol. The molecule has 0 radical (unpaired) electrons. The van der Waals surface area contributed by atoms with Gasteiger partial charge < -0.3 is 5.73 Å². The number of hydrogen-bond donors (Lipinski definition) is 2. The topological polar surface area (TPSA) is 72.2 Å². The Morgan fingerprint density at radius 3 is 2.15 bits per heavy atom. The number of hydrogen-bond acceptors (Lipinski definition) is 4. The molecule has 0 aliphatic rings. The minimum absolute atomic E-state index is 0.332. The first-order chi connectivity index (χ1) is 5.82. The van der Waals surface area contributed by atoms with E-state index in [1.165, 1.54) is 6.08 Å². The Morgan fingerprint density at radius 2 is 1.85 bits per heavy atom. The Bertz CT molecular complexity index is 259. The van der Waals surface area contributed by atoms with Gasteiger partial charge in [-0.25, -0.2) is 8.42 Å². The molecule has 0 aromatic rings. The van der Waals surface area contributed by atoms with Crippen LogP contribution in [0.5, 0.6) is 0 Å². The zero-order valence-electron chi connectivity index (χ0n) is 8.32. The van der Waals surface area contributed by atoms with E-state index in [4.69, 9.17) is 5.73 Å². The second-order valence-electron chi connectivity index (χ2n) is 3.13. The molecule has 0 aliphatic carbocycles. The van der Waals surface area contributed by atoms with Crippen LogP contribution in [0.15, 0.2) is 12.7 Å². The Morgan fingerprint density at radius 1 is 1.38 bits per heavy atom. The molecule has 13 heavy (non-hydrogen) atoms. The van der Waals surface area contributed by atoms with E-state index in [1.54, 1.807) is 20.8 Å². The van der Waals surface area contributed by atoms with Crippen molar-refractivity contribution in [2.75, 3.05) is 0 Å². The van der Waals surface area contributed by atoms with E-state index in [1.807, 2.05) is 0 Å². The van der Waals surface area contributed by atoms with Crippen molar-refractivity contribution >= 4 is 9.84 Å². The third-order valence-electron chi connectivity index (χ3n) is 1.84. The molecule has 0 amide bonds. The fraction of sp³-hybridized carbons (Fsp3) is 0.750. The summed E-state index contributed by atoms with van der Waals surface area (Å²) < 4.78 is 23.2. The van der Waals surface area contributed by atoms with Crippen LogP contribution in [-0.4, -0.2) is 25.2 Å². The van der Waals surface area contributed by atoms with Crippen LogP contribution in [0.4, 0.5) is 0 Å². The van der Waals surface area contributed by atoms with Crippen molar-refractivity contribution in [1.82, 2.24) is 5.32 Å². The maximum absolute atomic E-state index is 11.6. The largest absolute Gasteiger partial charge is 0.316 e. The Labute approximate surface area is 80.1 Å². The summed E-state index contributed by atoms with van der Waals surface area (Å²) in [5, 5.41) is 1.55. The van der Waals surface area contributed by atoms with Crippen molar-refractivity contribution in [1.29, 1.82) is 0 Å². The second kappa shape index (κ2) is 4.74. The van der Waals surface area contributed by atoms with E-state index in [9.17, 15) is 8.42 Å². The fourth-order valence-corrected chi connectivity index (χ4v) is 2.24. The zero-order valence-corrected chi connectivity index (χ0v) is 9.14. The average Bonchev–Trinajstić information content (AvgIpc) is 2.01. The molecular formula is C8H18N2O2S. The van der Waals surface area contributed by atoms with E-state index in [2.05, 4.69) is 11.9 Å². The molecule has 5 heteroatoms. The van der Waals surface area contributed by atoms with Gasteiger partial charge in [0, 0.05) is 0 Å². The van der Waals surface area contributed by atoms with Gasteiger partial charge in [0.25, 0.3) is 0 Å². The molecule has 0 aromatic carbocycles. The van der Waals surface area contributed by atoms with Crippen LogP contribution >= 0.6 is 0 Å². The lowest BCUT2D eigenvalue weighted by molar-refractivity contribution is 0.516. The van der Waals surface area contributed by atoms with Gasteiger partial charge in [0.1, 0.15) is 5.37 Å². The summed E-state index contributed by atoms with van der Waals surface area (Å²) in [6.07, 6.45) is 1.08. The number of rotatable bonds is 5. The van der Waals surface area contributed by atoms with Gasteiger partial charge in [0.2, 0.25) is 0 Å². The van der Waals surface area contributed by atoms with Crippen molar-refractivity contribution in [2.45, 2.75) is 37.6 Å². The standard InChI is InChI=1S/C8H18N2O2S/c1-5-6(2)13(11,12)8(4)10-7(3)9/h5-8,10H,1,9H2,2-4H3. The molecule has 0 saturated carbocycles. The Kier molecular flexibility index (Phi) is 4.60. The van der Waals surface area contributed by atoms with Crippen LogP contribution in [-0.2, 0) is 9.84 Å². The maximum atomic E-state index is 11.6. The molecule has 78 valence electrons. The molecule has 0 rings (SSSR count). The van der Waals surface area contributed by atoms with Crippen LogP contribution in [0.1, 0.15) is 20.8 Å². The summed E-state index contributed by atoms with van der Waals surface area (Å²) in [6, 6.07) is 0. The lowest BCUT2D eigenvalue weighted by Gasteiger charge is -2.19. The maximum Gasteiger partial charge on any atom is 0.171 e. The molecule has 3 N–H and O–H groups in total. The lowest BCUT2D eigenvalue weighted by Crippen LogP contribution is -2.46. The normalized spacial score (nSPS) is 19.1. The van der Waals surface area contributed by atoms with E-state index in [0.717, 1.165) is 0 Å². The highest BCUT2D eigenvalue weighted by Crippen LogP contribution is 2.08. The van der Waals surface area contributed by atoms with Gasteiger partial charge in [0.05, 0.1) is 11.4 Å². The molecule has 0 aromatic heterocycles. The number of sulfone groups is 1. The van der Waals surface area contributed by atoms with Gasteiger partial charge in [-0.2, -0.15) is 0 Å². The summed E-state index contributed by atoms with van der Waals surface area (Å²) in [5.41, 5.74) is 5.43. The predicted molar refractivity (Wildman–Crippen MR) is 54.8 cm³/mol. The molecule has 0 spiro atoms. The van der Waals surface area contributed by atoms with Crippen molar-refractivity contribution in [3.8, 4) is 0 Å². The highest BCUT2D eigenvalue weighted by atomic mass is 32.2. The van der Waals surface area contributed by atoms with Crippen LogP contribution in [0.3, 0.4) is 0 Å². The van der Waals surface area contributed by atoms with Crippen LogP contribution < -0.4 is 11.1 Å². The van der Waals surface area contributed by atoms with Crippen LogP contribution in [0, 0.1) is 0 Å². The monoisotopic (exact) mass is 206 g/mol. The van der Waals surface area contributed by atoms with Gasteiger partial charge in [-0.05, 0) is 20.8 Å². The van der Waals surface area contributed by atoms with Crippen molar-refractivity contribution in [3.05, 3.63) is 12.7 Å².